The highest BCUT2D eigenvalue weighted by Crippen LogP contribution is 2.36. The summed E-state index contributed by atoms with van der Waals surface area (Å²) in [5.41, 5.74) is 1.55. The minimum Gasteiger partial charge on any atom is -0.309 e. The lowest BCUT2D eigenvalue weighted by Gasteiger charge is -2.24. The predicted molar refractivity (Wildman–Crippen MR) is 113 cm³/mol. The molecule has 0 spiro atoms. The number of aryl methyl sites for hydroxylation is 1. The van der Waals surface area contributed by atoms with Crippen molar-refractivity contribution in [2.45, 2.75) is 45.7 Å². The number of thiophene rings is 1. The van der Waals surface area contributed by atoms with E-state index in [-0.39, 0.29) is 17.4 Å². The van der Waals surface area contributed by atoms with E-state index in [9.17, 15) is 9.18 Å². The molecule has 148 valence electrons. The summed E-state index contributed by atoms with van der Waals surface area (Å²) in [6.45, 7) is 4.53. The summed E-state index contributed by atoms with van der Waals surface area (Å²) in [7, 11) is 1.87. The van der Waals surface area contributed by atoms with Crippen LogP contribution in [0.5, 0.6) is 0 Å². The molecule has 7 heteroatoms. The van der Waals surface area contributed by atoms with E-state index in [1.54, 1.807) is 23.5 Å². The Kier molecular flexibility index (Phi) is 5.29. The number of rotatable bonds is 4. The molecule has 2 heterocycles. The van der Waals surface area contributed by atoms with Gasteiger partial charge in [-0.3, -0.25) is 9.69 Å². The first-order valence-corrected chi connectivity index (χ1v) is 10.7. The largest absolute Gasteiger partial charge is 0.309 e. The SMILES string of the molecule is C[C@@H]1CCc2c(sc3nc([C@H](C)N(C)Cc4c(F)cccc4Cl)[nH]c(=O)c23)C1. The summed E-state index contributed by atoms with van der Waals surface area (Å²) in [6, 6.07) is 4.49. The molecule has 0 amide bonds. The van der Waals surface area contributed by atoms with Crippen LogP contribution in [0.3, 0.4) is 0 Å². The van der Waals surface area contributed by atoms with Crippen molar-refractivity contribution in [3.63, 3.8) is 0 Å². The third kappa shape index (κ3) is 3.49. The predicted octanol–water partition coefficient (Wildman–Crippen LogP) is 5.09. The maximum absolute atomic E-state index is 14.1. The lowest BCUT2D eigenvalue weighted by atomic mass is 9.89. The Morgan fingerprint density at radius 1 is 1.46 bits per heavy atom. The number of hydrogen-bond acceptors (Lipinski definition) is 4. The zero-order chi connectivity index (χ0) is 20.0. The summed E-state index contributed by atoms with van der Waals surface area (Å²) in [6.07, 6.45) is 3.08. The zero-order valence-corrected chi connectivity index (χ0v) is 17.8. The fraction of sp³-hybridized carbons (Fsp3) is 0.429. The van der Waals surface area contributed by atoms with Gasteiger partial charge in [0.1, 0.15) is 16.5 Å². The fourth-order valence-electron chi connectivity index (χ4n) is 3.84. The molecular weight excluding hydrogens is 397 g/mol. The molecule has 1 aliphatic rings. The Morgan fingerprint density at radius 2 is 2.25 bits per heavy atom. The summed E-state index contributed by atoms with van der Waals surface area (Å²) in [4.78, 5) is 24.6. The van der Waals surface area contributed by atoms with Gasteiger partial charge in [0.15, 0.2) is 0 Å². The molecular formula is C21H23ClFN3OS. The van der Waals surface area contributed by atoms with Crippen molar-refractivity contribution in [2.24, 2.45) is 5.92 Å². The summed E-state index contributed by atoms with van der Waals surface area (Å²) in [5.74, 6) is 0.914. The van der Waals surface area contributed by atoms with Gasteiger partial charge in [-0.1, -0.05) is 24.6 Å². The molecule has 3 aromatic rings. The molecule has 2 atom stereocenters. The Labute approximate surface area is 172 Å². The van der Waals surface area contributed by atoms with Crippen LogP contribution in [0.4, 0.5) is 4.39 Å². The van der Waals surface area contributed by atoms with Gasteiger partial charge in [-0.25, -0.2) is 9.37 Å². The van der Waals surface area contributed by atoms with E-state index in [0.717, 1.165) is 29.5 Å². The smallest absolute Gasteiger partial charge is 0.259 e. The average Bonchev–Trinajstić information content (AvgIpc) is 3.01. The van der Waals surface area contributed by atoms with Crippen LogP contribution in [0.15, 0.2) is 23.0 Å². The number of hydrogen-bond donors (Lipinski definition) is 1. The lowest BCUT2D eigenvalue weighted by molar-refractivity contribution is 0.241. The number of nitrogens with one attached hydrogen (secondary N) is 1. The first kappa shape index (κ1) is 19.6. The summed E-state index contributed by atoms with van der Waals surface area (Å²) < 4.78 is 14.1. The third-order valence-corrected chi connectivity index (χ3v) is 7.21. The van der Waals surface area contributed by atoms with Crippen molar-refractivity contribution in [2.75, 3.05) is 7.05 Å². The number of aromatic amines is 1. The van der Waals surface area contributed by atoms with Crippen molar-refractivity contribution in [3.05, 3.63) is 61.2 Å². The van der Waals surface area contributed by atoms with Gasteiger partial charge >= 0.3 is 0 Å². The van der Waals surface area contributed by atoms with Gasteiger partial charge in [0, 0.05) is 22.0 Å². The van der Waals surface area contributed by atoms with E-state index < -0.39 is 0 Å². The number of aromatic nitrogens is 2. The highest BCUT2D eigenvalue weighted by Gasteiger charge is 2.24. The van der Waals surface area contributed by atoms with Crippen LogP contribution in [0.2, 0.25) is 5.02 Å². The van der Waals surface area contributed by atoms with Gasteiger partial charge in [-0.05, 0) is 56.8 Å². The van der Waals surface area contributed by atoms with Crippen LogP contribution >= 0.6 is 22.9 Å². The second-order valence-electron chi connectivity index (χ2n) is 7.77. The van der Waals surface area contributed by atoms with Crippen LogP contribution in [0, 0.1) is 11.7 Å². The van der Waals surface area contributed by atoms with E-state index in [1.807, 2.05) is 18.9 Å². The Bertz CT molecular complexity index is 1070. The molecule has 0 radical (unpaired) electrons. The van der Waals surface area contributed by atoms with Gasteiger partial charge in [0.25, 0.3) is 5.56 Å². The van der Waals surface area contributed by atoms with Crippen molar-refractivity contribution < 1.29 is 4.39 Å². The molecule has 1 aliphatic carbocycles. The van der Waals surface area contributed by atoms with Gasteiger partial charge in [-0.15, -0.1) is 11.3 Å². The first-order valence-electron chi connectivity index (χ1n) is 9.52. The Balaban J connectivity index is 1.66. The van der Waals surface area contributed by atoms with Crippen LogP contribution < -0.4 is 5.56 Å². The van der Waals surface area contributed by atoms with E-state index in [1.165, 1.54) is 16.5 Å². The van der Waals surface area contributed by atoms with Crippen LogP contribution in [-0.2, 0) is 19.4 Å². The minimum absolute atomic E-state index is 0.0729. The van der Waals surface area contributed by atoms with Gasteiger partial charge in [-0.2, -0.15) is 0 Å². The molecule has 1 aromatic carbocycles. The molecule has 1 N–H and O–H groups in total. The van der Waals surface area contributed by atoms with E-state index >= 15 is 0 Å². The second kappa shape index (κ2) is 7.58. The average molecular weight is 420 g/mol. The fourth-order valence-corrected chi connectivity index (χ4v) is 5.46. The molecule has 2 aromatic heterocycles. The first-order chi connectivity index (χ1) is 13.3. The highest BCUT2D eigenvalue weighted by atomic mass is 35.5. The van der Waals surface area contributed by atoms with Gasteiger partial charge in [0.2, 0.25) is 0 Å². The molecule has 4 nitrogen and oxygen atoms in total. The number of H-pyrrole nitrogens is 1. The zero-order valence-electron chi connectivity index (χ0n) is 16.2. The number of nitrogens with zero attached hydrogens (tertiary/aromatic N) is 2. The Morgan fingerprint density at radius 3 is 3.00 bits per heavy atom. The van der Waals surface area contributed by atoms with E-state index in [4.69, 9.17) is 16.6 Å². The number of halogens is 2. The third-order valence-electron chi connectivity index (χ3n) is 5.71. The molecule has 28 heavy (non-hydrogen) atoms. The van der Waals surface area contributed by atoms with Crippen molar-refractivity contribution in [3.8, 4) is 0 Å². The number of benzene rings is 1. The monoisotopic (exact) mass is 419 g/mol. The van der Waals surface area contributed by atoms with E-state index in [0.29, 0.717) is 28.9 Å². The minimum atomic E-state index is -0.330. The number of fused-ring (bicyclic) bond motifs is 3. The molecule has 0 bridgehead atoms. The maximum atomic E-state index is 14.1. The molecule has 4 rings (SSSR count). The van der Waals surface area contributed by atoms with Crippen molar-refractivity contribution >= 4 is 33.2 Å². The topological polar surface area (TPSA) is 49.0 Å². The maximum Gasteiger partial charge on any atom is 0.259 e. The second-order valence-corrected chi connectivity index (χ2v) is 9.27. The summed E-state index contributed by atoms with van der Waals surface area (Å²) in [5, 5.41) is 1.15. The summed E-state index contributed by atoms with van der Waals surface area (Å²) >= 11 is 7.80. The van der Waals surface area contributed by atoms with Crippen LogP contribution in [0.25, 0.3) is 10.2 Å². The molecule has 0 saturated carbocycles. The standard InChI is InChI=1S/C21H23ClFN3OS/c1-11-7-8-13-17(9-11)28-21-18(13)20(27)24-19(25-21)12(2)26(3)10-14-15(22)5-4-6-16(14)23/h4-6,11-12H,7-10H2,1-3H3,(H,24,25,27)/t11-,12+/m1/s1. The van der Waals surface area contributed by atoms with E-state index in [2.05, 4.69) is 11.9 Å². The normalized spacial score (nSPS) is 17.9. The molecule has 0 unspecified atom stereocenters. The molecule has 0 fully saturated rings. The lowest BCUT2D eigenvalue weighted by Crippen LogP contribution is -2.26. The van der Waals surface area contributed by atoms with Gasteiger partial charge < -0.3 is 4.98 Å². The highest BCUT2D eigenvalue weighted by molar-refractivity contribution is 7.18. The van der Waals surface area contributed by atoms with Crippen molar-refractivity contribution in [1.29, 1.82) is 0 Å². The van der Waals surface area contributed by atoms with Crippen LogP contribution in [0.1, 0.15) is 48.1 Å². The van der Waals surface area contributed by atoms with Crippen molar-refractivity contribution in [1.82, 2.24) is 14.9 Å². The molecule has 0 aliphatic heterocycles. The van der Waals surface area contributed by atoms with Gasteiger partial charge in [0.05, 0.1) is 11.4 Å². The molecule has 0 saturated heterocycles. The Hall–Kier alpha value is -1.76. The van der Waals surface area contributed by atoms with Crippen LogP contribution in [-0.4, -0.2) is 21.9 Å². The quantitative estimate of drug-likeness (QED) is 0.640.